The number of carbonyl (C=O) groups excluding carboxylic acids is 2. The highest BCUT2D eigenvalue weighted by molar-refractivity contribution is 7.99. The van der Waals surface area contributed by atoms with E-state index in [1.54, 1.807) is 12.1 Å². The molecule has 1 unspecified atom stereocenters. The molecule has 3 rings (SSSR count). The minimum absolute atomic E-state index is 0. The SMILES string of the molecule is Cl.Cl.O=C(NCCN1CCN(C(=O)CC2CSCCN2)CC1)c1ccccc1F. The maximum Gasteiger partial charge on any atom is 0.254 e. The number of hydrogen-bond donors (Lipinski definition) is 2. The van der Waals surface area contributed by atoms with Crippen LogP contribution >= 0.6 is 36.6 Å². The van der Waals surface area contributed by atoms with Crippen LogP contribution in [0.5, 0.6) is 0 Å². The number of thioether (sulfide) groups is 1. The predicted octanol–water partition coefficient (Wildman–Crippen LogP) is 1.64. The van der Waals surface area contributed by atoms with E-state index in [1.165, 1.54) is 12.1 Å². The maximum absolute atomic E-state index is 13.6. The molecule has 0 spiro atoms. The van der Waals surface area contributed by atoms with Gasteiger partial charge in [-0.15, -0.1) is 24.8 Å². The third-order valence-electron chi connectivity index (χ3n) is 4.98. The standard InChI is InChI=1S/C19H27FN4O2S.2ClH/c20-17-4-2-1-3-16(17)19(26)22-5-7-23-8-10-24(11-9-23)18(25)13-15-14-27-12-6-21-15;;/h1-4,15,21H,5-14H2,(H,22,26);2*1H. The molecule has 0 radical (unpaired) electrons. The zero-order valence-corrected chi connectivity index (χ0v) is 18.7. The Kier molecular flexibility index (Phi) is 11.9. The molecule has 1 aromatic carbocycles. The summed E-state index contributed by atoms with van der Waals surface area (Å²) in [5.74, 6) is 1.46. The Labute approximate surface area is 188 Å². The van der Waals surface area contributed by atoms with Gasteiger partial charge in [0.25, 0.3) is 5.91 Å². The minimum Gasteiger partial charge on any atom is -0.351 e. The molecule has 0 bridgehead atoms. The lowest BCUT2D eigenvalue weighted by atomic mass is 10.2. The van der Waals surface area contributed by atoms with E-state index in [2.05, 4.69) is 15.5 Å². The van der Waals surface area contributed by atoms with E-state index in [9.17, 15) is 14.0 Å². The van der Waals surface area contributed by atoms with Crippen LogP contribution < -0.4 is 10.6 Å². The van der Waals surface area contributed by atoms with E-state index >= 15 is 0 Å². The normalized spacial score (nSPS) is 19.6. The van der Waals surface area contributed by atoms with E-state index in [4.69, 9.17) is 0 Å². The third kappa shape index (κ3) is 7.94. The van der Waals surface area contributed by atoms with Crippen LogP contribution in [0.2, 0.25) is 0 Å². The second-order valence-electron chi connectivity index (χ2n) is 6.89. The van der Waals surface area contributed by atoms with Crippen LogP contribution in [-0.2, 0) is 4.79 Å². The molecule has 10 heteroatoms. The Morgan fingerprint density at radius 3 is 2.55 bits per heavy atom. The lowest BCUT2D eigenvalue weighted by molar-refractivity contribution is -0.133. The van der Waals surface area contributed by atoms with Gasteiger partial charge in [-0.2, -0.15) is 11.8 Å². The summed E-state index contributed by atoms with van der Waals surface area (Å²) >= 11 is 1.90. The van der Waals surface area contributed by atoms with Crippen molar-refractivity contribution in [2.45, 2.75) is 12.5 Å². The number of rotatable bonds is 6. The van der Waals surface area contributed by atoms with Crippen molar-refractivity contribution in [2.75, 3.05) is 57.3 Å². The van der Waals surface area contributed by atoms with E-state index in [1.807, 2.05) is 16.7 Å². The van der Waals surface area contributed by atoms with Crippen LogP contribution in [0.1, 0.15) is 16.8 Å². The average molecular weight is 467 g/mol. The highest BCUT2D eigenvalue weighted by atomic mass is 35.5. The molecule has 29 heavy (non-hydrogen) atoms. The predicted molar refractivity (Wildman–Crippen MR) is 120 cm³/mol. The molecule has 164 valence electrons. The first-order valence-corrected chi connectivity index (χ1v) is 10.6. The number of carbonyl (C=O) groups is 2. The van der Waals surface area contributed by atoms with Gasteiger partial charge >= 0.3 is 0 Å². The highest BCUT2D eigenvalue weighted by Crippen LogP contribution is 2.12. The minimum atomic E-state index is -0.506. The van der Waals surface area contributed by atoms with Gasteiger partial charge in [0.15, 0.2) is 0 Å². The molecule has 2 amide bonds. The first-order valence-electron chi connectivity index (χ1n) is 9.47. The molecule has 0 aliphatic carbocycles. The van der Waals surface area contributed by atoms with Crippen LogP contribution in [0.3, 0.4) is 0 Å². The summed E-state index contributed by atoms with van der Waals surface area (Å²) in [6.07, 6.45) is 0.575. The van der Waals surface area contributed by atoms with Crippen LogP contribution in [0.15, 0.2) is 24.3 Å². The van der Waals surface area contributed by atoms with Crippen molar-refractivity contribution in [1.82, 2.24) is 20.4 Å². The van der Waals surface area contributed by atoms with Gasteiger partial charge in [-0.05, 0) is 12.1 Å². The molecule has 2 saturated heterocycles. The van der Waals surface area contributed by atoms with Gasteiger partial charge in [0, 0.05) is 69.8 Å². The number of nitrogens with one attached hydrogen (secondary N) is 2. The molecule has 1 atom stereocenters. The number of benzene rings is 1. The fourth-order valence-corrected chi connectivity index (χ4v) is 4.33. The molecular weight excluding hydrogens is 438 g/mol. The van der Waals surface area contributed by atoms with Gasteiger partial charge in [0.2, 0.25) is 5.91 Å². The van der Waals surface area contributed by atoms with Crippen LogP contribution in [-0.4, -0.2) is 85.0 Å². The van der Waals surface area contributed by atoms with Crippen molar-refractivity contribution in [2.24, 2.45) is 0 Å². The smallest absolute Gasteiger partial charge is 0.254 e. The van der Waals surface area contributed by atoms with Crippen LogP contribution in [0, 0.1) is 5.82 Å². The van der Waals surface area contributed by atoms with Gasteiger partial charge in [-0.25, -0.2) is 4.39 Å². The fourth-order valence-electron chi connectivity index (χ4n) is 3.38. The summed E-state index contributed by atoms with van der Waals surface area (Å²) in [5.41, 5.74) is 0.0717. The number of halogens is 3. The second kappa shape index (κ2) is 13.3. The molecule has 0 saturated carbocycles. The Morgan fingerprint density at radius 2 is 1.90 bits per heavy atom. The van der Waals surface area contributed by atoms with Gasteiger partial charge in [0.1, 0.15) is 5.82 Å². The van der Waals surface area contributed by atoms with Crippen molar-refractivity contribution in [3.63, 3.8) is 0 Å². The van der Waals surface area contributed by atoms with Crippen LogP contribution in [0.4, 0.5) is 4.39 Å². The molecule has 1 aromatic rings. The lowest BCUT2D eigenvalue weighted by Crippen LogP contribution is -2.51. The quantitative estimate of drug-likeness (QED) is 0.666. The van der Waals surface area contributed by atoms with Crippen molar-refractivity contribution in [3.05, 3.63) is 35.6 Å². The Hall–Kier alpha value is -1.06. The molecule has 2 N–H and O–H groups in total. The van der Waals surface area contributed by atoms with Gasteiger partial charge in [-0.3, -0.25) is 14.5 Å². The van der Waals surface area contributed by atoms with Gasteiger partial charge in [-0.1, -0.05) is 12.1 Å². The number of piperazine rings is 1. The average Bonchev–Trinajstić information content (AvgIpc) is 2.69. The first-order chi connectivity index (χ1) is 13.1. The zero-order valence-electron chi connectivity index (χ0n) is 16.3. The summed E-state index contributed by atoms with van der Waals surface area (Å²) in [4.78, 5) is 28.6. The van der Waals surface area contributed by atoms with Crippen molar-refractivity contribution in [1.29, 1.82) is 0 Å². The first kappa shape index (κ1) is 26.0. The van der Waals surface area contributed by atoms with E-state index in [-0.39, 0.29) is 42.2 Å². The van der Waals surface area contributed by atoms with Gasteiger partial charge in [0.05, 0.1) is 5.56 Å². The summed E-state index contributed by atoms with van der Waals surface area (Å²) in [5, 5.41) is 6.17. The fraction of sp³-hybridized carbons (Fsp3) is 0.579. The zero-order chi connectivity index (χ0) is 19.1. The van der Waals surface area contributed by atoms with E-state index < -0.39 is 5.82 Å². The Balaban J connectivity index is 0.00000210. The largest absolute Gasteiger partial charge is 0.351 e. The molecule has 2 fully saturated rings. The Bertz CT molecular complexity index is 657. The van der Waals surface area contributed by atoms with Crippen molar-refractivity contribution >= 4 is 48.4 Å². The molecule has 2 aliphatic rings. The number of hydrogen-bond acceptors (Lipinski definition) is 5. The van der Waals surface area contributed by atoms with Crippen molar-refractivity contribution < 1.29 is 14.0 Å². The maximum atomic E-state index is 13.6. The number of nitrogens with zero attached hydrogens (tertiary/aromatic N) is 2. The molecule has 0 aromatic heterocycles. The highest BCUT2D eigenvalue weighted by Gasteiger charge is 2.24. The third-order valence-corrected chi connectivity index (χ3v) is 6.11. The summed E-state index contributed by atoms with van der Waals surface area (Å²) in [6.45, 7) is 5.19. The van der Waals surface area contributed by atoms with Gasteiger partial charge < -0.3 is 15.5 Å². The summed E-state index contributed by atoms with van der Waals surface area (Å²) < 4.78 is 13.6. The van der Waals surface area contributed by atoms with E-state index in [0.717, 1.165) is 44.2 Å². The molecule has 2 heterocycles. The lowest BCUT2D eigenvalue weighted by Gasteiger charge is -2.35. The Morgan fingerprint density at radius 1 is 1.17 bits per heavy atom. The second-order valence-corrected chi connectivity index (χ2v) is 8.04. The molecular formula is C19H29Cl2FN4O2S. The molecule has 6 nitrogen and oxygen atoms in total. The van der Waals surface area contributed by atoms with E-state index in [0.29, 0.717) is 25.6 Å². The summed E-state index contributed by atoms with van der Waals surface area (Å²) in [6, 6.07) is 6.27. The topological polar surface area (TPSA) is 64.7 Å². The summed E-state index contributed by atoms with van der Waals surface area (Å²) in [7, 11) is 0. The van der Waals surface area contributed by atoms with Crippen LogP contribution in [0.25, 0.3) is 0 Å². The number of amides is 2. The monoisotopic (exact) mass is 466 g/mol. The van der Waals surface area contributed by atoms with Crippen molar-refractivity contribution in [3.8, 4) is 0 Å². The molecule has 2 aliphatic heterocycles.